The van der Waals surface area contributed by atoms with Crippen LogP contribution in [-0.4, -0.2) is 11.0 Å². The average molecular weight is 305 g/mol. The molecule has 112 valence electrons. The van der Waals surface area contributed by atoms with E-state index in [0.29, 0.717) is 17.1 Å². The van der Waals surface area contributed by atoms with Gasteiger partial charge < -0.3 is 9.52 Å². The first-order valence-corrected chi connectivity index (χ1v) is 7.49. The van der Waals surface area contributed by atoms with Crippen LogP contribution in [0.15, 0.2) is 46.1 Å². The molecular weight excluding hydrogens is 286 g/mol. The lowest BCUT2D eigenvalue weighted by atomic mass is 10.0. The first-order chi connectivity index (χ1) is 9.84. The second-order valence-corrected chi connectivity index (χ2v) is 6.32. The van der Waals surface area contributed by atoms with Crippen molar-refractivity contribution in [2.75, 3.05) is 0 Å². The molecule has 5 heteroatoms. The summed E-state index contributed by atoms with van der Waals surface area (Å²) in [7, 11) is 0. The van der Waals surface area contributed by atoms with Crippen LogP contribution < -0.4 is 4.72 Å². The van der Waals surface area contributed by atoms with E-state index < -0.39 is 5.60 Å². The number of carbonyl (C=O) groups is 1. The molecule has 0 radical (unpaired) electrons. The Kier molecular flexibility index (Phi) is 4.75. The van der Waals surface area contributed by atoms with E-state index in [-0.39, 0.29) is 5.91 Å². The number of nitrogens with one attached hydrogen (secondary N) is 1. The Morgan fingerprint density at radius 1 is 1.38 bits per heavy atom. The molecule has 21 heavy (non-hydrogen) atoms. The van der Waals surface area contributed by atoms with Crippen molar-refractivity contribution >= 4 is 17.9 Å². The van der Waals surface area contributed by atoms with Crippen LogP contribution >= 0.6 is 11.9 Å². The van der Waals surface area contributed by atoms with Gasteiger partial charge in [-0.3, -0.25) is 9.52 Å². The van der Waals surface area contributed by atoms with Crippen LogP contribution in [0.25, 0.3) is 0 Å². The second-order valence-electron chi connectivity index (χ2n) is 5.51. The van der Waals surface area contributed by atoms with Gasteiger partial charge in [0, 0.05) is 17.5 Å². The summed E-state index contributed by atoms with van der Waals surface area (Å²) < 4.78 is 8.03. The van der Waals surface area contributed by atoms with Crippen molar-refractivity contribution in [3.8, 4) is 0 Å². The van der Waals surface area contributed by atoms with E-state index in [0.717, 1.165) is 23.1 Å². The lowest BCUT2D eigenvalue weighted by Crippen LogP contribution is -2.18. The quantitative estimate of drug-likeness (QED) is 0.833. The van der Waals surface area contributed by atoms with E-state index in [1.807, 2.05) is 31.2 Å². The van der Waals surface area contributed by atoms with Crippen LogP contribution in [-0.2, 0) is 16.8 Å². The third-order valence-corrected chi connectivity index (χ3v) is 3.74. The maximum absolute atomic E-state index is 11.9. The molecule has 1 heterocycles. The Labute approximate surface area is 128 Å². The van der Waals surface area contributed by atoms with E-state index in [4.69, 9.17) is 4.42 Å². The summed E-state index contributed by atoms with van der Waals surface area (Å²) in [5, 5.41) is 10.4. The summed E-state index contributed by atoms with van der Waals surface area (Å²) in [5.41, 5.74) is 1.84. The summed E-state index contributed by atoms with van der Waals surface area (Å²) >= 11 is 1.11. The van der Waals surface area contributed by atoms with Gasteiger partial charge in [-0.05, 0) is 32.4 Å². The molecule has 0 saturated carbocycles. The van der Waals surface area contributed by atoms with Gasteiger partial charge in [0.05, 0.1) is 18.3 Å². The van der Waals surface area contributed by atoms with Crippen molar-refractivity contribution in [1.29, 1.82) is 0 Å². The highest BCUT2D eigenvalue weighted by Gasteiger charge is 2.19. The fourth-order valence-corrected chi connectivity index (χ4v) is 2.41. The first kappa shape index (κ1) is 15.7. The molecule has 2 N–H and O–H groups in total. The molecule has 1 aromatic carbocycles. The highest BCUT2D eigenvalue weighted by atomic mass is 32.2. The topological polar surface area (TPSA) is 62.5 Å². The zero-order chi connectivity index (χ0) is 15.5. The molecule has 0 spiro atoms. The van der Waals surface area contributed by atoms with E-state index in [2.05, 4.69) is 4.72 Å². The third-order valence-electron chi connectivity index (χ3n) is 2.99. The Hall–Kier alpha value is -1.72. The van der Waals surface area contributed by atoms with Crippen LogP contribution in [0.1, 0.15) is 30.5 Å². The van der Waals surface area contributed by atoms with E-state index in [1.165, 1.54) is 6.26 Å². The number of aryl methyl sites for hydroxylation is 1. The first-order valence-electron chi connectivity index (χ1n) is 6.67. The summed E-state index contributed by atoms with van der Waals surface area (Å²) in [6, 6.07) is 9.57. The molecule has 0 fully saturated rings. The van der Waals surface area contributed by atoms with Crippen LogP contribution in [0.4, 0.5) is 0 Å². The molecule has 2 rings (SSSR count). The highest BCUT2D eigenvalue weighted by Crippen LogP contribution is 2.26. The summed E-state index contributed by atoms with van der Waals surface area (Å²) in [6.07, 6.45) is 1.82. The fourth-order valence-electron chi connectivity index (χ4n) is 1.84. The van der Waals surface area contributed by atoms with Gasteiger partial charge in [-0.2, -0.15) is 0 Å². The lowest BCUT2D eigenvalue weighted by Gasteiger charge is -2.13. The van der Waals surface area contributed by atoms with Crippen molar-refractivity contribution in [2.45, 2.75) is 37.9 Å². The van der Waals surface area contributed by atoms with Crippen LogP contribution in [0.2, 0.25) is 0 Å². The van der Waals surface area contributed by atoms with Crippen molar-refractivity contribution in [2.24, 2.45) is 0 Å². The number of furan rings is 1. The SMILES string of the molecule is Cc1cccc(CC(=O)NSc2cc(C(C)(C)O)co2)c1. The van der Waals surface area contributed by atoms with Crippen molar-refractivity contribution in [3.63, 3.8) is 0 Å². The number of aliphatic hydroxyl groups is 1. The monoisotopic (exact) mass is 305 g/mol. The predicted octanol–water partition coefficient (Wildman–Crippen LogP) is 3.18. The van der Waals surface area contributed by atoms with Crippen LogP contribution in [0, 0.1) is 6.92 Å². The minimum atomic E-state index is -0.951. The van der Waals surface area contributed by atoms with Gasteiger partial charge in [0.25, 0.3) is 0 Å². The fraction of sp³-hybridized carbons (Fsp3) is 0.312. The molecule has 0 aliphatic carbocycles. The smallest absolute Gasteiger partial charge is 0.234 e. The van der Waals surface area contributed by atoms with Gasteiger partial charge in [0.1, 0.15) is 0 Å². The Bertz CT molecular complexity index is 628. The maximum atomic E-state index is 11.9. The Balaban J connectivity index is 1.88. The molecule has 0 bridgehead atoms. The lowest BCUT2D eigenvalue weighted by molar-refractivity contribution is -0.118. The second kappa shape index (κ2) is 6.37. The number of benzene rings is 1. The van der Waals surface area contributed by atoms with Gasteiger partial charge in [0.2, 0.25) is 5.91 Å². The summed E-state index contributed by atoms with van der Waals surface area (Å²) in [4.78, 5) is 11.9. The summed E-state index contributed by atoms with van der Waals surface area (Å²) in [5.74, 6) is -0.0909. The number of rotatable bonds is 5. The van der Waals surface area contributed by atoms with Crippen molar-refractivity contribution in [1.82, 2.24) is 4.72 Å². The van der Waals surface area contributed by atoms with Gasteiger partial charge in [-0.15, -0.1) is 0 Å². The van der Waals surface area contributed by atoms with Crippen molar-refractivity contribution in [3.05, 3.63) is 53.3 Å². The van der Waals surface area contributed by atoms with Crippen molar-refractivity contribution < 1.29 is 14.3 Å². The normalized spacial score (nSPS) is 11.4. The largest absolute Gasteiger partial charge is 0.456 e. The maximum Gasteiger partial charge on any atom is 0.234 e. The zero-order valence-corrected chi connectivity index (χ0v) is 13.2. The number of hydrogen-bond donors (Lipinski definition) is 2. The van der Waals surface area contributed by atoms with Gasteiger partial charge in [-0.1, -0.05) is 29.8 Å². The van der Waals surface area contributed by atoms with Gasteiger partial charge in [-0.25, -0.2) is 0 Å². The van der Waals surface area contributed by atoms with E-state index in [1.54, 1.807) is 19.9 Å². The van der Waals surface area contributed by atoms with Gasteiger partial charge in [0.15, 0.2) is 5.09 Å². The standard InChI is InChI=1S/C16H19NO3S/c1-11-5-4-6-12(7-11)8-14(18)17-21-15-9-13(10-20-15)16(2,3)19/h4-7,9-10,19H,8H2,1-3H3,(H,17,18). The Morgan fingerprint density at radius 3 is 2.76 bits per heavy atom. The molecule has 1 aromatic heterocycles. The number of hydrogen-bond acceptors (Lipinski definition) is 4. The highest BCUT2D eigenvalue weighted by molar-refractivity contribution is 7.97. The number of carbonyl (C=O) groups excluding carboxylic acids is 1. The van der Waals surface area contributed by atoms with Gasteiger partial charge >= 0.3 is 0 Å². The van der Waals surface area contributed by atoms with E-state index in [9.17, 15) is 9.90 Å². The summed E-state index contributed by atoms with van der Waals surface area (Å²) in [6.45, 7) is 5.36. The van der Waals surface area contributed by atoms with Crippen LogP contribution in [0.3, 0.4) is 0 Å². The molecule has 2 aromatic rings. The molecular formula is C16H19NO3S. The molecule has 0 unspecified atom stereocenters. The predicted molar refractivity (Wildman–Crippen MR) is 82.8 cm³/mol. The molecule has 0 aliphatic heterocycles. The van der Waals surface area contributed by atoms with Crippen LogP contribution in [0.5, 0.6) is 0 Å². The minimum absolute atomic E-state index is 0.0909. The molecule has 0 atom stereocenters. The third kappa shape index (κ3) is 4.65. The molecule has 0 aliphatic rings. The molecule has 0 saturated heterocycles. The number of amides is 1. The van der Waals surface area contributed by atoms with E-state index >= 15 is 0 Å². The zero-order valence-electron chi connectivity index (χ0n) is 12.3. The molecule has 1 amide bonds. The Morgan fingerprint density at radius 2 is 2.14 bits per heavy atom. The minimum Gasteiger partial charge on any atom is -0.456 e. The molecule has 4 nitrogen and oxygen atoms in total. The average Bonchev–Trinajstić information content (AvgIpc) is 2.85.